The van der Waals surface area contributed by atoms with Crippen molar-refractivity contribution >= 4 is 17.4 Å². The summed E-state index contributed by atoms with van der Waals surface area (Å²) in [7, 11) is 0. The number of allylic oxidation sites excluding steroid dienone is 4. The van der Waals surface area contributed by atoms with Crippen molar-refractivity contribution in [2.24, 2.45) is 0 Å². The van der Waals surface area contributed by atoms with Crippen LogP contribution in [0.15, 0.2) is 23.3 Å². The van der Waals surface area contributed by atoms with Crippen molar-refractivity contribution in [2.75, 3.05) is 0 Å². The van der Waals surface area contributed by atoms with Gasteiger partial charge in [0.05, 0.1) is 5.03 Å². The fourth-order valence-electron chi connectivity index (χ4n) is 0.540. The van der Waals surface area contributed by atoms with Gasteiger partial charge in [-0.05, 0) is 12.2 Å². The molecule has 0 N–H and O–H groups in total. The van der Waals surface area contributed by atoms with Crippen LogP contribution in [0.2, 0.25) is 0 Å². The number of hydrogen-bond donors (Lipinski definition) is 0. The molecule has 1 nitrogen and oxygen atoms in total. The van der Waals surface area contributed by atoms with Crippen LogP contribution in [0.1, 0.15) is 0 Å². The summed E-state index contributed by atoms with van der Waals surface area (Å²) in [4.78, 5) is 10.4. The van der Waals surface area contributed by atoms with Crippen molar-refractivity contribution in [2.45, 2.75) is 6.17 Å². The van der Waals surface area contributed by atoms with Crippen LogP contribution in [0.3, 0.4) is 0 Å². The van der Waals surface area contributed by atoms with E-state index in [0.717, 1.165) is 6.08 Å². The first kappa shape index (κ1) is 6.49. The Labute approximate surface area is 56.8 Å². The topological polar surface area (TPSA) is 17.1 Å². The smallest absolute Gasteiger partial charge is 0.197 e. The molecular weight excluding hydrogens is 143 g/mol. The summed E-state index contributed by atoms with van der Waals surface area (Å²) in [6, 6.07) is 0. The van der Waals surface area contributed by atoms with Crippen molar-refractivity contribution in [3.8, 4) is 0 Å². The van der Waals surface area contributed by atoms with Crippen LogP contribution in [0, 0.1) is 0 Å². The van der Waals surface area contributed by atoms with Crippen LogP contribution in [-0.2, 0) is 4.79 Å². The van der Waals surface area contributed by atoms with Crippen LogP contribution in [0.5, 0.6) is 0 Å². The lowest BCUT2D eigenvalue weighted by atomic mass is 10.1. The number of carbonyl (C=O) groups is 1. The van der Waals surface area contributed by atoms with Crippen LogP contribution < -0.4 is 0 Å². The Morgan fingerprint density at radius 1 is 1.67 bits per heavy atom. The fourth-order valence-corrected chi connectivity index (χ4v) is 0.720. The van der Waals surface area contributed by atoms with E-state index in [9.17, 15) is 9.18 Å². The molecule has 1 rings (SSSR count). The summed E-state index contributed by atoms with van der Waals surface area (Å²) in [5, 5.41) is -0.0394. The summed E-state index contributed by atoms with van der Waals surface area (Å²) in [6.45, 7) is 0. The zero-order valence-corrected chi connectivity index (χ0v) is 5.23. The van der Waals surface area contributed by atoms with Gasteiger partial charge in [-0.25, -0.2) is 4.39 Å². The van der Waals surface area contributed by atoms with E-state index >= 15 is 0 Å². The molecule has 9 heavy (non-hydrogen) atoms. The lowest BCUT2D eigenvalue weighted by Gasteiger charge is -2.04. The third kappa shape index (κ3) is 1.19. The first-order chi connectivity index (χ1) is 4.22. The molecule has 1 aliphatic rings. The quantitative estimate of drug-likeness (QED) is 0.507. The average Bonchev–Trinajstić information content (AvgIpc) is 1.83. The highest BCUT2D eigenvalue weighted by Crippen LogP contribution is 2.16. The maximum atomic E-state index is 12.4. The van der Waals surface area contributed by atoms with Crippen LogP contribution in [-0.4, -0.2) is 12.0 Å². The van der Waals surface area contributed by atoms with E-state index in [0.29, 0.717) is 0 Å². The summed E-state index contributed by atoms with van der Waals surface area (Å²) in [5.41, 5.74) is 0. The number of ketones is 1. The highest BCUT2D eigenvalue weighted by atomic mass is 35.5. The van der Waals surface area contributed by atoms with Gasteiger partial charge in [0.1, 0.15) is 0 Å². The normalized spacial score (nSPS) is 26.2. The molecule has 0 radical (unpaired) electrons. The lowest BCUT2D eigenvalue weighted by molar-refractivity contribution is -0.117. The summed E-state index contributed by atoms with van der Waals surface area (Å²) in [5.74, 6) is -0.581. The van der Waals surface area contributed by atoms with Gasteiger partial charge in [-0.15, -0.1) is 0 Å². The molecule has 0 fully saturated rings. The van der Waals surface area contributed by atoms with Crippen LogP contribution >= 0.6 is 11.6 Å². The number of halogens is 2. The van der Waals surface area contributed by atoms with E-state index in [1.807, 2.05) is 0 Å². The minimum absolute atomic E-state index is 0.0394. The minimum Gasteiger partial charge on any atom is -0.291 e. The van der Waals surface area contributed by atoms with Gasteiger partial charge in [0.15, 0.2) is 12.0 Å². The monoisotopic (exact) mass is 146 g/mol. The van der Waals surface area contributed by atoms with E-state index in [-0.39, 0.29) is 5.03 Å². The second-order valence-electron chi connectivity index (χ2n) is 1.68. The third-order valence-electron chi connectivity index (χ3n) is 1.01. The summed E-state index contributed by atoms with van der Waals surface area (Å²) < 4.78 is 12.4. The second-order valence-corrected chi connectivity index (χ2v) is 2.11. The van der Waals surface area contributed by atoms with Gasteiger partial charge < -0.3 is 0 Å². The highest BCUT2D eigenvalue weighted by Gasteiger charge is 2.19. The molecule has 0 aromatic rings. The molecule has 0 bridgehead atoms. The SMILES string of the molecule is O=C1C=CC=C(Cl)C1F. The Kier molecular flexibility index (Phi) is 1.67. The Balaban J connectivity index is 2.86. The van der Waals surface area contributed by atoms with Gasteiger partial charge in [-0.1, -0.05) is 17.7 Å². The van der Waals surface area contributed by atoms with Gasteiger partial charge in [0.25, 0.3) is 0 Å². The van der Waals surface area contributed by atoms with Crippen LogP contribution in [0.4, 0.5) is 4.39 Å². The first-order valence-electron chi connectivity index (χ1n) is 2.43. The van der Waals surface area contributed by atoms with E-state index in [1.165, 1.54) is 12.2 Å². The molecule has 0 aliphatic heterocycles. The third-order valence-corrected chi connectivity index (χ3v) is 1.33. The van der Waals surface area contributed by atoms with Crippen molar-refractivity contribution in [3.05, 3.63) is 23.3 Å². The molecule has 3 heteroatoms. The maximum absolute atomic E-state index is 12.4. The average molecular weight is 147 g/mol. The Bertz CT molecular complexity index is 195. The fraction of sp³-hybridized carbons (Fsp3) is 0.167. The van der Waals surface area contributed by atoms with Gasteiger partial charge in [-0.3, -0.25) is 4.79 Å². The van der Waals surface area contributed by atoms with Gasteiger partial charge >= 0.3 is 0 Å². The summed E-state index contributed by atoms with van der Waals surface area (Å²) in [6.07, 6.45) is 2.34. The zero-order chi connectivity index (χ0) is 6.85. The Morgan fingerprint density at radius 2 is 2.33 bits per heavy atom. The Morgan fingerprint density at radius 3 is 2.78 bits per heavy atom. The van der Waals surface area contributed by atoms with Crippen molar-refractivity contribution < 1.29 is 9.18 Å². The highest BCUT2D eigenvalue weighted by molar-refractivity contribution is 6.33. The minimum atomic E-state index is -1.63. The van der Waals surface area contributed by atoms with E-state index in [1.54, 1.807) is 0 Å². The van der Waals surface area contributed by atoms with Crippen molar-refractivity contribution in [1.29, 1.82) is 0 Å². The molecular formula is C6H4ClFO. The largest absolute Gasteiger partial charge is 0.291 e. The number of hydrogen-bond acceptors (Lipinski definition) is 1. The molecule has 0 aromatic carbocycles. The first-order valence-corrected chi connectivity index (χ1v) is 2.81. The predicted octanol–water partition coefficient (Wildman–Crippen LogP) is 1.59. The van der Waals surface area contributed by atoms with E-state index < -0.39 is 12.0 Å². The number of alkyl halides is 1. The molecule has 1 aliphatic carbocycles. The van der Waals surface area contributed by atoms with Crippen molar-refractivity contribution in [3.63, 3.8) is 0 Å². The Hall–Kier alpha value is -0.630. The lowest BCUT2D eigenvalue weighted by Crippen LogP contribution is -2.14. The molecule has 1 atom stereocenters. The van der Waals surface area contributed by atoms with Gasteiger partial charge in [0.2, 0.25) is 0 Å². The van der Waals surface area contributed by atoms with Gasteiger partial charge in [0, 0.05) is 0 Å². The number of rotatable bonds is 0. The van der Waals surface area contributed by atoms with Crippen molar-refractivity contribution in [1.82, 2.24) is 0 Å². The van der Waals surface area contributed by atoms with Crippen LogP contribution in [0.25, 0.3) is 0 Å². The predicted molar refractivity (Wildman–Crippen MR) is 33.0 cm³/mol. The van der Waals surface area contributed by atoms with E-state index in [2.05, 4.69) is 0 Å². The molecule has 0 heterocycles. The second kappa shape index (κ2) is 2.31. The molecule has 0 saturated carbocycles. The molecule has 0 spiro atoms. The number of carbonyl (C=O) groups excluding carboxylic acids is 1. The zero-order valence-electron chi connectivity index (χ0n) is 4.47. The molecule has 1 unspecified atom stereocenters. The van der Waals surface area contributed by atoms with E-state index in [4.69, 9.17) is 11.6 Å². The molecule has 0 aromatic heterocycles. The molecule has 0 saturated heterocycles. The van der Waals surface area contributed by atoms with Gasteiger partial charge in [-0.2, -0.15) is 0 Å². The molecule has 48 valence electrons. The standard InChI is InChI=1S/C6H4ClFO/c7-4-2-1-3-5(9)6(4)8/h1-3,6H. The maximum Gasteiger partial charge on any atom is 0.197 e. The summed E-state index contributed by atoms with van der Waals surface area (Å²) >= 11 is 5.28. The molecule has 0 amide bonds.